The van der Waals surface area contributed by atoms with Gasteiger partial charge in [0.05, 0.1) is 17.0 Å². The second-order valence-corrected chi connectivity index (χ2v) is 5.69. The van der Waals surface area contributed by atoms with Gasteiger partial charge in [0, 0.05) is 17.5 Å². The maximum absolute atomic E-state index is 11.5. The van der Waals surface area contributed by atoms with Crippen molar-refractivity contribution in [3.05, 3.63) is 42.4 Å². The standard InChI is InChI=1S/C15H11N5OS/c1-3-10-5-4-6-11(7-10)19-14-13-12(17-9-18-14)8-16-15(20-13)22(2)21/h1,4-9H,2H3,(H,17,18,19). The molecule has 0 saturated carbocycles. The van der Waals surface area contributed by atoms with E-state index in [9.17, 15) is 4.21 Å². The van der Waals surface area contributed by atoms with Gasteiger partial charge >= 0.3 is 0 Å². The Bertz CT molecular complexity index is 919. The zero-order valence-electron chi connectivity index (χ0n) is 11.6. The summed E-state index contributed by atoms with van der Waals surface area (Å²) in [6.07, 6.45) is 9.87. The summed E-state index contributed by atoms with van der Waals surface area (Å²) in [6.45, 7) is 0. The molecule has 0 aliphatic carbocycles. The number of hydrogen-bond acceptors (Lipinski definition) is 6. The van der Waals surface area contributed by atoms with Crippen molar-refractivity contribution in [2.75, 3.05) is 11.6 Å². The number of hydrogen-bond donors (Lipinski definition) is 1. The normalized spacial score (nSPS) is 11.8. The summed E-state index contributed by atoms with van der Waals surface area (Å²) in [5.74, 6) is 3.08. The maximum atomic E-state index is 11.5. The van der Waals surface area contributed by atoms with Crippen molar-refractivity contribution < 1.29 is 4.21 Å². The van der Waals surface area contributed by atoms with Crippen LogP contribution in [0.15, 0.2) is 41.9 Å². The Balaban J connectivity index is 2.08. The molecule has 22 heavy (non-hydrogen) atoms. The van der Waals surface area contributed by atoms with E-state index < -0.39 is 10.8 Å². The van der Waals surface area contributed by atoms with E-state index in [-0.39, 0.29) is 5.16 Å². The molecule has 1 N–H and O–H groups in total. The van der Waals surface area contributed by atoms with Crippen molar-refractivity contribution in [3.63, 3.8) is 0 Å². The van der Waals surface area contributed by atoms with Crippen molar-refractivity contribution in [3.8, 4) is 12.3 Å². The van der Waals surface area contributed by atoms with Crippen LogP contribution >= 0.6 is 0 Å². The van der Waals surface area contributed by atoms with Crippen molar-refractivity contribution in [1.82, 2.24) is 19.9 Å². The van der Waals surface area contributed by atoms with E-state index in [0.717, 1.165) is 11.3 Å². The van der Waals surface area contributed by atoms with Gasteiger partial charge in [-0.2, -0.15) is 0 Å². The largest absolute Gasteiger partial charge is 0.338 e. The molecule has 0 aliphatic heterocycles. The summed E-state index contributed by atoms with van der Waals surface area (Å²) in [6, 6.07) is 7.38. The van der Waals surface area contributed by atoms with E-state index >= 15 is 0 Å². The average Bonchev–Trinajstić information content (AvgIpc) is 2.55. The second kappa shape index (κ2) is 5.87. The Morgan fingerprint density at radius 1 is 1.27 bits per heavy atom. The third-order valence-corrected chi connectivity index (χ3v) is 3.62. The minimum Gasteiger partial charge on any atom is -0.338 e. The highest BCUT2D eigenvalue weighted by Crippen LogP contribution is 2.21. The molecule has 3 rings (SSSR count). The number of aromatic nitrogens is 4. The van der Waals surface area contributed by atoms with Gasteiger partial charge in [-0.1, -0.05) is 12.0 Å². The summed E-state index contributed by atoms with van der Waals surface area (Å²) in [7, 11) is -1.28. The number of anilines is 2. The van der Waals surface area contributed by atoms with Crippen LogP contribution in [0.3, 0.4) is 0 Å². The molecule has 1 aromatic carbocycles. The van der Waals surface area contributed by atoms with Gasteiger partial charge in [-0.05, 0) is 18.2 Å². The molecule has 0 bridgehead atoms. The van der Waals surface area contributed by atoms with Gasteiger partial charge in [0.1, 0.15) is 17.4 Å². The lowest BCUT2D eigenvalue weighted by atomic mass is 10.2. The average molecular weight is 309 g/mol. The van der Waals surface area contributed by atoms with Crippen LogP contribution in [0.2, 0.25) is 0 Å². The Morgan fingerprint density at radius 3 is 2.91 bits per heavy atom. The third-order valence-electron chi connectivity index (χ3n) is 2.90. The fourth-order valence-electron chi connectivity index (χ4n) is 1.89. The fraction of sp³-hybridized carbons (Fsp3) is 0.0667. The van der Waals surface area contributed by atoms with Crippen molar-refractivity contribution in [2.45, 2.75) is 5.16 Å². The Kier molecular flexibility index (Phi) is 3.76. The SMILES string of the molecule is C#Cc1cccc(Nc2ncnc3cnc(S(C)=O)nc23)c1. The molecule has 3 aromatic rings. The highest BCUT2D eigenvalue weighted by atomic mass is 32.2. The minimum atomic E-state index is -1.28. The number of benzene rings is 1. The Hall–Kier alpha value is -2.85. The number of rotatable bonds is 3. The van der Waals surface area contributed by atoms with Crippen LogP contribution in [0.5, 0.6) is 0 Å². The van der Waals surface area contributed by atoms with Gasteiger partial charge in [0.15, 0.2) is 5.82 Å². The van der Waals surface area contributed by atoms with Crippen LogP contribution in [-0.2, 0) is 10.8 Å². The van der Waals surface area contributed by atoms with Crippen LogP contribution in [-0.4, -0.2) is 30.4 Å². The zero-order chi connectivity index (χ0) is 15.5. The molecule has 7 heteroatoms. The molecule has 2 heterocycles. The van der Waals surface area contributed by atoms with Crippen LogP contribution in [0.25, 0.3) is 11.0 Å². The van der Waals surface area contributed by atoms with E-state index in [1.165, 1.54) is 18.8 Å². The Morgan fingerprint density at radius 2 is 2.14 bits per heavy atom. The molecule has 108 valence electrons. The van der Waals surface area contributed by atoms with Gasteiger partial charge in [0.25, 0.3) is 0 Å². The first-order valence-electron chi connectivity index (χ1n) is 6.32. The number of nitrogens with zero attached hydrogens (tertiary/aromatic N) is 4. The molecular weight excluding hydrogens is 298 g/mol. The van der Waals surface area contributed by atoms with E-state index in [2.05, 4.69) is 31.2 Å². The maximum Gasteiger partial charge on any atom is 0.218 e. The minimum absolute atomic E-state index is 0.239. The molecule has 0 saturated heterocycles. The molecule has 0 aliphatic rings. The smallest absolute Gasteiger partial charge is 0.218 e. The first kappa shape index (κ1) is 14.1. The summed E-state index contributed by atoms with van der Waals surface area (Å²) >= 11 is 0. The number of nitrogens with one attached hydrogen (secondary N) is 1. The van der Waals surface area contributed by atoms with Crippen molar-refractivity contribution in [2.24, 2.45) is 0 Å². The van der Waals surface area contributed by atoms with Crippen LogP contribution in [0.1, 0.15) is 5.56 Å². The van der Waals surface area contributed by atoms with E-state index in [0.29, 0.717) is 16.9 Å². The summed E-state index contributed by atoms with van der Waals surface area (Å²) < 4.78 is 11.5. The number of terminal acetylenes is 1. The summed E-state index contributed by atoms with van der Waals surface area (Å²) in [5, 5.41) is 3.39. The molecule has 0 radical (unpaired) electrons. The third kappa shape index (κ3) is 2.77. The van der Waals surface area contributed by atoms with Gasteiger partial charge in [0.2, 0.25) is 5.16 Å². The van der Waals surface area contributed by atoms with Crippen molar-refractivity contribution in [1.29, 1.82) is 0 Å². The molecule has 2 aromatic heterocycles. The molecule has 0 spiro atoms. The monoisotopic (exact) mass is 309 g/mol. The second-order valence-electron chi connectivity index (χ2n) is 4.41. The fourth-order valence-corrected chi connectivity index (χ4v) is 2.31. The quantitative estimate of drug-likeness (QED) is 0.588. The van der Waals surface area contributed by atoms with Gasteiger partial charge in [-0.3, -0.25) is 4.21 Å². The molecule has 0 fully saturated rings. The van der Waals surface area contributed by atoms with Gasteiger partial charge in [-0.15, -0.1) is 6.42 Å². The number of fused-ring (bicyclic) bond motifs is 1. The first-order chi connectivity index (χ1) is 10.7. The van der Waals surface area contributed by atoms with E-state index in [4.69, 9.17) is 6.42 Å². The van der Waals surface area contributed by atoms with Crippen LogP contribution in [0, 0.1) is 12.3 Å². The molecule has 6 nitrogen and oxygen atoms in total. The first-order valence-corrected chi connectivity index (χ1v) is 7.88. The van der Waals surface area contributed by atoms with Crippen LogP contribution < -0.4 is 5.32 Å². The molecular formula is C15H11N5OS. The van der Waals surface area contributed by atoms with Gasteiger partial charge < -0.3 is 5.32 Å². The predicted molar refractivity (Wildman–Crippen MR) is 85.1 cm³/mol. The van der Waals surface area contributed by atoms with Crippen LogP contribution in [0.4, 0.5) is 11.5 Å². The highest BCUT2D eigenvalue weighted by Gasteiger charge is 2.10. The summed E-state index contributed by atoms with van der Waals surface area (Å²) in [5.41, 5.74) is 2.62. The lowest BCUT2D eigenvalue weighted by Gasteiger charge is -2.08. The van der Waals surface area contributed by atoms with Crippen molar-refractivity contribution >= 4 is 33.3 Å². The van der Waals surface area contributed by atoms with E-state index in [1.54, 1.807) is 0 Å². The predicted octanol–water partition coefficient (Wildman–Crippen LogP) is 1.88. The van der Waals surface area contributed by atoms with Gasteiger partial charge in [-0.25, -0.2) is 19.9 Å². The molecule has 0 amide bonds. The van der Waals surface area contributed by atoms with E-state index in [1.807, 2.05) is 24.3 Å². The molecule has 1 atom stereocenters. The molecule has 1 unspecified atom stereocenters. The Labute approximate surface area is 129 Å². The lowest BCUT2D eigenvalue weighted by Crippen LogP contribution is -2.02. The topological polar surface area (TPSA) is 80.7 Å². The zero-order valence-corrected chi connectivity index (χ0v) is 12.5. The highest BCUT2D eigenvalue weighted by molar-refractivity contribution is 7.84. The lowest BCUT2D eigenvalue weighted by molar-refractivity contribution is 0.680. The summed E-state index contributed by atoms with van der Waals surface area (Å²) in [4.78, 5) is 16.6.